The van der Waals surface area contributed by atoms with Crippen LogP contribution in [0.2, 0.25) is 10.0 Å². The Morgan fingerprint density at radius 1 is 1.03 bits per heavy atom. The van der Waals surface area contributed by atoms with Crippen LogP contribution in [0.3, 0.4) is 0 Å². The van der Waals surface area contributed by atoms with Crippen molar-refractivity contribution in [3.8, 4) is 11.5 Å². The van der Waals surface area contributed by atoms with E-state index >= 15 is 0 Å². The minimum Gasteiger partial charge on any atom is -0.507 e. The number of nitrogens with zero attached hydrogens (tertiary/aromatic N) is 5. The first kappa shape index (κ1) is 19.7. The molecular formula is C18H13Cl2N7O3. The van der Waals surface area contributed by atoms with Crippen LogP contribution in [-0.4, -0.2) is 38.7 Å². The number of phenols is 1. The molecule has 0 unspecified atom stereocenters. The maximum atomic E-state index is 9.97. The molecule has 2 aromatic carbocycles. The van der Waals surface area contributed by atoms with Crippen molar-refractivity contribution in [1.82, 2.24) is 20.3 Å². The monoisotopic (exact) mass is 445 g/mol. The highest BCUT2D eigenvalue weighted by Gasteiger charge is 2.13. The van der Waals surface area contributed by atoms with Gasteiger partial charge in [0.15, 0.2) is 11.6 Å². The van der Waals surface area contributed by atoms with Crippen LogP contribution in [0.1, 0.15) is 5.56 Å². The molecule has 0 atom stereocenters. The number of aromatic hydroxyl groups is 1. The van der Waals surface area contributed by atoms with Crippen molar-refractivity contribution in [3.63, 3.8) is 0 Å². The van der Waals surface area contributed by atoms with Gasteiger partial charge in [0.25, 0.3) is 0 Å². The number of anilines is 3. The number of ether oxygens (including phenoxy) is 1. The van der Waals surface area contributed by atoms with Gasteiger partial charge in [0.1, 0.15) is 11.5 Å². The fraction of sp³-hybridized carbons (Fsp3) is 0.0556. The Bertz CT molecular complexity index is 1250. The number of hydrogen-bond donors (Lipinski definition) is 3. The zero-order chi connectivity index (χ0) is 21.1. The lowest BCUT2D eigenvalue weighted by Gasteiger charge is -2.10. The number of nitrogens with one attached hydrogen (secondary N) is 2. The largest absolute Gasteiger partial charge is 0.507 e. The van der Waals surface area contributed by atoms with Gasteiger partial charge in [-0.15, -0.1) is 0 Å². The van der Waals surface area contributed by atoms with Gasteiger partial charge in [-0.3, -0.25) is 5.43 Å². The summed E-state index contributed by atoms with van der Waals surface area (Å²) in [5.74, 6) is 1.15. The highest BCUT2D eigenvalue weighted by atomic mass is 35.5. The molecule has 4 aromatic rings. The van der Waals surface area contributed by atoms with E-state index in [2.05, 4.69) is 40.8 Å². The van der Waals surface area contributed by atoms with Gasteiger partial charge < -0.3 is 15.2 Å². The lowest BCUT2D eigenvalue weighted by atomic mass is 10.2. The third-order valence-corrected chi connectivity index (χ3v) is 4.64. The normalized spacial score (nSPS) is 11.2. The SMILES string of the molecule is COc1ccc(O)c(/C=N/Nc2nc3nonc3nc2Nc2ccc(Cl)c(Cl)c2)c1. The summed E-state index contributed by atoms with van der Waals surface area (Å²) in [4.78, 5) is 8.63. The average molecular weight is 446 g/mol. The highest BCUT2D eigenvalue weighted by Crippen LogP contribution is 2.29. The van der Waals surface area contributed by atoms with Crippen LogP contribution in [0.25, 0.3) is 11.3 Å². The van der Waals surface area contributed by atoms with Crippen molar-refractivity contribution < 1.29 is 14.5 Å². The van der Waals surface area contributed by atoms with Crippen LogP contribution in [0, 0.1) is 0 Å². The average Bonchev–Trinajstić information content (AvgIpc) is 3.19. The molecule has 0 amide bonds. The second-order valence-corrected chi connectivity index (χ2v) is 6.70. The number of halogens is 2. The number of hydrogen-bond acceptors (Lipinski definition) is 10. The third-order valence-electron chi connectivity index (χ3n) is 3.91. The lowest BCUT2D eigenvalue weighted by molar-refractivity contribution is 0.314. The molecule has 0 saturated carbocycles. The Labute approximate surface area is 179 Å². The van der Waals surface area contributed by atoms with Crippen LogP contribution >= 0.6 is 23.2 Å². The summed E-state index contributed by atoms with van der Waals surface area (Å²) < 4.78 is 9.82. The van der Waals surface area contributed by atoms with E-state index in [4.69, 9.17) is 27.9 Å². The minimum absolute atomic E-state index is 0.0396. The van der Waals surface area contributed by atoms with E-state index < -0.39 is 0 Å². The fourth-order valence-corrected chi connectivity index (χ4v) is 2.74. The molecule has 12 heteroatoms. The van der Waals surface area contributed by atoms with Gasteiger partial charge in [-0.2, -0.15) is 10.1 Å². The molecule has 0 saturated heterocycles. The van der Waals surface area contributed by atoms with Crippen molar-refractivity contribution in [3.05, 3.63) is 52.0 Å². The van der Waals surface area contributed by atoms with E-state index in [-0.39, 0.29) is 22.9 Å². The molecule has 0 fully saturated rings. The molecule has 10 nitrogen and oxygen atoms in total. The van der Waals surface area contributed by atoms with Crippen molar-refractivity contribution in [2.75, 3.05) is 17.9 Å². The smallest absolute Gasteiger partial charge is 0.245 e. The van der Waals surface area contributed by atoms with Gasteiger partial charge in [0.05, 0.1) is 23.4 Å². The van der Waals surface area contributed by atoms with Crippen molar-refractivity contribution >= 4 is 58.0 Å². The Morgan fingerprint density at radius 3 is 2.53 bits per heavy atom. The molecule has 0 bridgehead atoms. The number of methoxy groups -OCH3 is 1. The minimum atomic E-state index is 0.0396. The summed E-state index contributed by atoms with van der Waals surface area (Å²) in [7, 11) is 1.53. The second-order valence-electron chi connectivity index (χ2n) is 5.88. The summed E-state index contributed by atoms with van der Waals surface area (Å²) in [6, 6.07) is 9.78. The van der Waals surface area contributed by atoms with E-state index in [9.17, 15) is 5.11 Å². The van der Waals surface area contributed by atoms with Gasteiger partial charge in [-0.1, -0.05) is 23.2 Å². The Balaban J connectivity index is 1.64. The van der Waals surface area contributed by atoms with Gasteiger partial charge in [-0.25, -0.2) is 9.61 Å². The quantitative estimate of drug-likeness (QED) is 0.294. The van der Waals surface area contributed by atoms with Crippen molar-refractivity contribution in [2.24, 2.45) is 5.10 Å². The van der Waals surface area contributed by atoms with E-state index in [0.717, 1.165) is 0 Å². The molecular weight excluding hydrogens is 433 g/mol. The molecule has 2 heterocycles. The Morgan fingerprint density at radius 2 is 1.80 bits per heavy atom. The van der Waals surface area contributed by atoms with Gasteiger partial charge in [-0.05, 0) is 46.7 Å². The summed E-state index contributed by atoms with van der Waals surface area (Å²) >= 11 is 12.0. The molecule has 0 aliphatic carbocycles. The predicted molar refractivity (Wildman–Crippen MR) is 113 cm³/mol. The molecule has 30 heavy (non-hydrogen) atoms. The number of phenolic OH excluding ortho intramolecular Hbond substituents is 1. The standard InChI is InChI=1S/C18H13Cl2N7O3/c1-29-11-3-5-14(28)9(6-11)8-21-25-16-15(23-17-18(24-16)27-30-26-17)22-10-2-4-12(19)13(20)7-10/h2-8,28H,1H3,(H,22,23,26)(H,24,25,27)/b21-8+. The molecule has 2 aromatic heterocycles. The Kier molecular flexibility index (Phi) is 5.50. The second kappa shape index (κ2) is 8.39. The van der Waals surface area contributed by atoms with E-state index in [1.54, 1.807) is 30.3 Å². The van der Waals surface area contributed by atoms with Crippen LogP contribution in [0.4, 0.5) is 17.3 Å². The number of rotatable bonds is 6. The number of hydrazone groups is 1. The number of benzene rings is 2. The maximum Gasteiger partial charge on any atom is 0.245 e. The van der Waals surface area contributed by atoms with Gasteiger partial charge in [0, 0.05) is 11.3 Å². The molecule has 152 valence electrons. The molecule has 0 radical (unpaired) electrons. The van der Waals surface area contributed by atoms with Crippen molar-refractivity contribution in [2.45, 2.75) is 0 Å². The molecule has 4 rings (SSSR count). The maximum absolute atomic E-state index is 9.97. The molecule has 3 N–H and O–H groups in total. The summed E-state index contributed by atoms with van der Waals surface area (Å²) in [5, 5.41) is 25.3. The Hall–Kier alpha value is -3.63. The number of aromatic nitrogens is 4. The van der Waals surface area contributed by atoms with Gasteiger partial charge >= 0.3 is 0 Å². The number of fused-ring (bicyclic) bond motifs is 1. The first-order chi connectivity index (χ1) is 14.5. The van der Waals surface area contributed by atoms with E-state index in [1.165, 1.54) is 19.4 Å². The van der Waals surface area contributed by atoms with Crippen LogP contribution < -0.4 is 15.5 Å². The third kappa shape index (κ3) is 4.19. The van der Waals surface area contributed by atoms with Crippen LogP contribution in [-0.2, 0) is 0 Å². The zero-order valence-corrected chi connectivity index (χ0v) is 16.8. The zero-order valence-electron chi connectivity index (χ0n) is 15.3. The predicted octanol–water partition coefficient (Wildman–Crippen LogP) is 4.22. The van der Waals surface area contributed by atoms with Crippen molar-refractivity contribution in [1.29, 1.82) is 0 Å². The summed E-state index contributed by atoms with van der Waals surface area (Å²) in [6.45, 7) is 0. The highest BCUT2D eigenvalue weighted by molar-refractivity contribution is 6.42. The van der Waals surface area contributed by atoms with E-state index in [1.807, 2.05) is 0 Å². The fourth-order valence-electron chi connectivity index (χ4n) is 2.44. The summed E-state index contributed by atoms with van der Waals surface area (Å²) in [6.07, 6.45) is 1.41. The first-order valence-corrected chi connectivity index (χ1v) is 9.17. The van der Waals surface area contributed by atoms with E-state index in [0.29, 0.717) is 32.9 Å². The van der Waals surface area contributed by atoms with Gasteiger partial charge in [0.2, 0.25) is 11.3 Å². The first-order valence-electron chi connectivity index (χ1n) is 8.42. The molecule has 0 spiro atoms. The molecule has 0 aliphatic heterocycles. The topological polar surface area (TPSA) is 131 Å². The molecule has 0 aliphatic rings. The lowest BCUT2D eigenvalue weighted by Crippen LogP contribution is -2.03. The summed E-state index contributed by atoms with van der Waals surface area (Å²) in [5.41, 5.74) is 4.23. The van der Waals surface area contributed by atoms with Crippen LogP contribution in [0.5, 0.6) is 11.5 Å². The van der Waals surface area contributed by atoms with Crippen LogP contribution in [0.15, 0.2) is 46.1 Å².